The van der Waals surface area contributed by atoms with Crippen LogP contribution in [0, 0.1) is 5.82 Å². The van der Waals surface area contributed by atoms with Gasteiger partial charge in [-0.25, -0.2) is 17.5 Å². The van der Waals surface area contributed by atoms with Crippen molar-refractivity contribution in [3.63, 3.8) is 0 Å². The molecule has 0 aliphatic heterocycles. The van der Waals surface area contributed by atoms with Crippen LogP contribution in [0.2, 0.25) is 0 Å². The Balaban J connectivity index is 2.53. The molecule has 20 heavy (non-hydrogen) atoms. The molecule has 1 aromatic rings. The molecule has 0 aromatic heterocycles. The Labute approximate surface area is 118 Å². The first-order chi connectivity index (χ1) is 9.36. The number of rotatable bonds is 7. The van der Waals surface area contributed by atoms with E-state index in [-0.39, 0.29) is 24.9 Å². The molecule has 0 aliphatic carbocycles. The molecule has 0 aliphatic rings. The second-order valence-electron chi connectivity index (χ2n) is 4.46. The number of nitrogens with one attached hydrogen (secondary N) is 2. The molecule has 2 N–H and O–H groups in total. The van der Waals surface area contributed by atoms with Gasteiger partial charge in [0.1, 0.15) is 10.7 Å². The van der Waals surface area contributed by atoms with Gasteiger partial charge in [0, 0.05) is 19.0 Å². The van der Waals surface area contributed by atoms with Crippen molar-refractivity contribution in [3.05, 3.63) is 30.1 Å². The standard InChI is InChI=1S/C13H19FN2O3S/c1-3-10(2)16-13(17)8-9-15-20(18,19)12-7-5-4-6-11(12)14/h4-7,10,15H,3,8-9H2,1-2H3,(H,16,17)/t10-/m0/s1. The average molecular weight is 302 g/mol. The van der Waals surface area contributed by atoms with Crippen molar-refractivity contribution in [2.24, 2.45) is 0 Å². The zero-order valence-corrected chi connectivity index (χ0v) is 12.3. The van der Waals surface area contributed by atoms with E-state index in [1.54, 1.807) is 0 Å². The molecule has 0 radical (unpaired) electrons. The Morgan fingerprint density at radius 1 is 1.35 bits per heavy atom. The number of carbonyl (C=O) groups is 1. The molecule has 1 rings (SSSR count). The third-order valence-electron chi connectivity index (χ3n) is 2.79. The summed E-state index contributed by atoms with van der Waals surface area (Å²) in [6.07, 6.45) is 0.810. The Bertz CT molecular complexity index is 560. The van der Waals surface area contributed by atoms with Gasteiger partial charge in [-0.3, -0.25) is 4.79 Å². The lowest BCUT2D eigenvalue weighted by molar-refractivity contribution is -0.121. The van der Waals surface area contributed by atoms with E-state index in [1.807, 2.05) is 13.8 Å². The van der Waals surface area contributed by atoms with E-state index in [0.717, 1.165) is 12.5 Å². The van der Waals surface area contributed by atoms with Gasteiger partial charge in [0.2, 0.25) is 15.9 Å². The summed E-state index contributed by atoms with van der Waals surface area (Å²) >= 11 is 0. The van der Waals surface area contributed by atoms with Gasteiger partial charge in [-0.05, 0) is 25.5 Å². The highest BCUT2D eigenvalue weighted by atomic mass is 32.2. The molecule has 112 valence electrons. The zero-order chi connectivity index (χ0) is 15.2. The summed E-state index contributed by atoms with van der Waals surface area (Å²) in [6.45, 7) is 3.73. The lowest BCUT2D eigenvalue weighted by Gasteiger charge is -2.11. The third-order valence-corrected chi connectivity index (χ3v) is 4.28. The number of amides is 1. The van der Waals surface area contributed by atoms with Crippen LogP contribution in [0.3, 0.4) is 0 Å². The van der Waals surface area contributed by atoms with E-state index < -0.39 is 20.7 Å². The van der Waals surface area contributed by atoms with Crippen LogP contribution in [0.15, 0.2) is 29.2 Å². The van der Waals surface area contributed by atoms with Crippen LogP contribution >= 0.6 is 0 Å². The smallest absolute Gasteiger partial charge is 0.243 e. The molecule has 0 saturated carbocycles. The molecule has 7 heteroatoms. The van der Waals surface area contributed by atoms with Gasteiger partial charge in [-0.1, -0.05) is 19.1 Å². The quantitative estimate of drug-likeness (QED) is 0.799. The molecule has 0 bridgehead atoms. The van der Waals surface area contributed by atoms with E-state index >= 15 is 0 Å². The number of hydrogen-bond acceptors (Lipinski definition) is 3. The van der Waals surface area contributed by atoms with Gasteiger partial charge in [0.15, 0.2) is 0 Å². The Hall–Kier alpha value is -1.47. The highest BCUT2D eigenvalue weighted by Crippen LogP contribution is 2.12. The summed E-state index contributed by atoms with van der Waals surface area (Å²) in [5, 5.41) is 2.72. The maximum Gasteiger partial charge on any atom is 0.243 e. The molecule has 1 aromatic carbocycles. The van der Waals surface area contributed by atoms with Gasteiger partial charge in [0.05, 0.1) is 0 Å². The Morgan fingerprint density at radius 2 is 2.00 bits per heavy atom. The predicted octanol–water partition coefficient (Wildman–Crippen LogP) is 1.41. The first kappa shape index (κ1) is 16.6. The fraction of sp³-hybridized carbons (Fsp3) is 0.462. The monoisotopic (exact) mass is 302 g/mol. The first-order valence-corrected chi connectivity index (χ1v) is 7.88. The molecule has 0 unspecified atom stereocenters. The highest BCUT2D eigenvalue weighted by molar-refractivity contribution is 7.89. The van der Waals surface area contributed by atoms with Crippen LogP contribution in [-0.2, 0) is 14.8 Å². The van der Waals surface area contributed by atoms with Crippen LogP contribution < -0.4 is 10.0 Å². The summed E-state index contributed by atoms with van der Waals surface area (Å²) in [6, 6.07) is 5.15. The first-order valence-electron chi connectivity index (χ1n) is 6.40. The van der Waals surface area contributed by atoms with E-state index in [1.165, 1.54) is 18.2 Å². The number of halogens is 1. The van der Waals surface area contributed by atoms with Crippen molar-refractivity contribution in [2.45, 2.75) is 37.6 Å². The molecule has 1 atom stereocenters. The zero-order valence-electron chi connectivity index (χ0n) is 11.5. The summed E-state index contributed by atoms with van der Waals surface area (Å²) in [4.78, 5) is 11.1. The van der Waals surface area contributed by atoms with E-state index in [0.29, 0.717) is 0 Å². The highest BCUT2D eigenvalue weighted by Gasteiger charge is 2.18. The van der Waals surface area contributed by atoms with Crippen molar-refractivity contribution in [1.29, 1.82) is 0 Å². The molecule has 0 saturated heterocycles. The number of sulfonamides is 1. The summed E-state index contributed by atoms with van der Waals surface area (Å²) in [5.41, 5.74) is 0. The largest absolute Gasteiger partial charge is 0.354 e. The minimum absolute atomic E-state index is 0.0119. The second-order valence-corrected chi connectivity index (χ2v) is 6.19. The van der Waals surface area contributed by atoms with Crippen LogP contribution in [-0.4, -0.2) is 26.9 Å². The molecule has 0 spiro atoms. The van der Waals surface area contributed by atoms with Gasteiger partial charge in [-0.2, -0.15) is 0 Å². The fourth-order valence-electron chi connectivity index (χ4n) is 1.49. The van der Waals surface area contributed by atoms with Gasteiger partial charge < -0.3 is 5.32 Å². The van der Waals surface area contributed by atoms with Crippen molar-refractivity contribution in [1.82, 2.24) is 10.0 Å². The topological polar surface area (TPSA) is 75.3 Å². The molecule has 5 nitrogen and oxygen atoms in total. The van der Waals surface area contributed by atoms with E-state index in [9.17, 15) is 17.6 Å². The summed E-state index contributed by atoms with van der Waals surface area (Å²) < 4.78 is 39.3. The molecular formula is C13H19FN2O3S. The second kappa shape index (κ2) is 7.35. The SMILES string of the molecule is CC[C@H](C)NC(=O)CCNS(=O)(=O)c1ccccc1F. The van der Waals surface area contributed by atoms with E-state index in [4.69, 9.17) is 0 Å². The predicted molar refractivity (Wildman–Crippen MR) is 74.1 cm³/mol. The van der Waals surface area contributed by atoms with Crippen LogP contribution in [0.25, 0.3) is 0 Å². The van der Waals surface area contributed by atoms with Crippen molar-refractivity contribution in [2.75, 3.05) is 6.54 Å². The van der Waals surface area contributed by atoms with Crippen LogP contribution in [0.5, 0.6) is 0 Å². The summed E-state index contributed by atoms with van der Waals surface area (Å²) in [7, 11) is -3.93. The fourth-order valence-corrected chi connectivity index (χ4v) is 2.60. The van der Waals surface area contributed by atoms with Crippen molar-refractivity contribution < 1.29 is 17.6 Å². The minimum Gasteiger partial charge on any atom is -0.354 e. The van der Waals surface area contributed by atoms with Gasteiger partial charge >= 0.3 is 0 Å². The van der Waals surface area contributed by atoms with Gasteiger partial charge in [-0.15, -0.1) is 0 Å². The van der Waals surface area contributed by atoms with Crippen molar-refractivity contribution >= 4 is 15.9 Å². The third kappa shape index (κ3) is 4.90. The molecule has 1 amide bonds. The van der Waals surface area contributed by atoms with Crippen LogP contribution in [0.1, 0.15) is 26.7 Å². The maximum absolute atomic E-state index is 13.4. The lowest BCUT2D eigenvalue weighted by Crippen LogP contribution is -2.35. The molecular weight excluding hydrogens is 283 g/mol. The maximum atomic E-state index is 13.4. The van der Waals surface area contributed by atoms with E-state index in [2.05, 4.69) is 10.0 Å². The lowest BCUT2D eigenvalue weighted by atomic mass is 10.2. The van der Waals surface area contributed by atoms with Crippen LogP contribution in [0.4, 0.5) is 4.39 Å². The minimum atomic E-state index is -3.93. The molecule has 0 heterocycles. The number of benzene rings is 1. The normalized spacial score (nSPS) is 12.9. The number of carbonyl (C=O) groups excluding carboxylic acids is 1. The average Bonchev–Trinajstić information content (AvgIpc) is 2.38. The Morgan fingerprint density at radius 3 is 2.60 bits per heavy atom. The Kier molecular flexibility index (Phi) is 6.09. The molecule has 0 fully saturated rings. The van der Waals surface area contributed by atoms with Crippen molar-refractivity contribution in [3.8, 4) is 0 Å². The number of hydrogen-bond donors (Lipinski definition) is 2. The summed E-state index contributed by atoms with van der Waals surface area (Å²) in [5.74, 6) is -1.06. The van der Waals surface area contributed by atoms with Gasteiger partial charge in [0.25, 0.3) is 0 Å².